The van der Waals surface area contributed by atoms with E-state index < -0.39 is 22.3 Å². The van der Waals surface area contributed by atoms with Gasteiger partial charge in [-0.15, -0.1) is 0 Å². The average Bonchev–Trinajstić information content (AvgIpc) is 2.68. The van der Waals surface area contributed by atoms with Crippen LogP contribution in [0.1, 0.15) is 16.1 Å². The number of nitro groups is 1. The smallest absolute Gasteiger partial charge is 0.296 e. The molecule has 1 heterocycles. The molecule has 3 rings (SSSR count). The first-order valence-electron chi connectivity index (χ1n) is 7.76. The number of aromatic nitrogens is 2. The first-order chi connectivity index (χ1) is 13.0. The molecule has 27 heavy (non-hydrogen) atoms. The van der Waals surface area contributed by atoms with E-state index in [0.717, 1.165) is 17.7 Å². The second-order valence-electron chi connectivity index (χ2n) is 5.38. The van der Waals surface area contributed by atoms with Gasteiger partial charge in [0.05, 0.1) is 17.2 Å². The van der Waals surface area contributed by atoms with Crippen LogP contribution >= 0.6 is 0 Å². The van der Waals surface area contributed by atoms with Crippen molar-refractivity contribution in [1.29, 1.82) is 0 Å². The summed E-state index contributed by atoms with van der Waals surface area (Å²) in [6, 6.07) is 10.7. The van der Waals surface area contributed by atoms with Crippen LogP contribution in [0.15, 0.2) is 61.1 Å². The van der Waals surface area contributed by atoms with E-state index in [1.165, 1.54) is 18.6 Å². The highest BCUT2D eigenvalue weighted by molar-refractivity contribution is 6.03. The number of hydrogen-bond donors (Lipinski definition) is 1. The molecule has 0 aliphatic rings. The Morgan fingerprint density at radius 2 is 2.00 bits per heavy atom. The van der Waals surface area contributed by atoms with E-state index in [9.17, 15) is 19.3 Å². The van der Waals surface area contributed by atoms with Crippen LogP contribution in [0.5, 0.6) is 5.75 Å². The van der Waals surface area contributed by atoms with Gasteiger partial charge in [0.15, 0.2) is 11.6 Å². The van der Waals surface area contributed by atoms with Crippen molar-refractivity contribution in [2.45, 2.75) is 6.61 Å². The maximum atomic E-state index is 14.3. The van der Waals surface area contributed by atoms with Crippen LogP contribution < -0.4 is 10.1 Å². The lowest BCUT2D eigenvalue weighted by Gasteiger charge is -2.10. The first kappa shape index (κ1) is 17.9. The molecule has 8 nitrogen and oxygen atoms in total. The minimum atomic E-state index is -0.842. The van der Waals surface area contributed by atoms with Crippen molar-refractivity contribution in [2.75, 3.05) is 5.32 Å². The van der Waals surface area contributed by atoms with Crippen molar-refractivity contribution >= 4 is 17.3 Å². The number of carbonyl (C=O) groups excluding carboxylic acids is 1. The summed E-state index contributed by atoms with van der Waals surface area (Å²) in [6.45, 7) is 0.0419. The predicted octanol–water partition coefficient (Wildman–Crippen LogP) is 3.36. The Balaban J connectivity index is 1.83. The number of nitrogens with one attached hydrogen (secondary N) is 1. The topological polar surface area (TPSA) is 107 Å². The summed E-state index contributed by atoms with van der Waals surface area (Å²) >= 11 is 0. The quantitative estimate of drug-likeness (QED) is 0.528. The number of hydrogen-bond acceptors (Lipinski definition) is 6. The maximum absolute atomic E-state index is 14.3. The average molecular weight is 368 g/mol. The van der Waals surface area contributed by atoms with Gasteiger partial charge in [0.1, 0.15) is 18.0 Å². The molecule has 0 unspecified atom stereocenters. The minimum Gasteiger partial charge on any atom is -0.486 e. The monoisotopic (exact) mass is 368 g/mol. The molecule has 1 aromatic heterocycles. The fourth-order valence-electron chi connectivity index (χ4n) is 2.24. The molecule has 0 atom stereocenters. The van der Waals surface area contributed by atoms with Crippen LogP contribution in [-0.4, -0.2) is 20.8 Å². The molecule has 3 aromatic rings. The van der Waals surface area contributed by atoms with E-state index in [1.807, 2.05) is 6.07 Å². The van der Waals surface area contributed by atoms with Gasteiger partial charge in [-0.05, 0) is 5.56 Å². The van der Waals surface area contributed by atoms with Gasteiger partial charge in [0.2, 0.25) is 0 Å². The molecule has 1 amide bonds. The third kappa shape index (κ3) is 4.40. The molecule has 0 aliphatic heterocycles. The maximum Gasteiger partial charge on any atom is 0.296 e. The normalized spacial score (nSPS) is 10.3. The number of amides is 1. The molecule has 0 aliphatic carbocycles. The first-order valence-corrected chi connectivity index (χ1v) is 7.76. The van der Waals surface area contributed by atoms with E-state index in [2.05, 4.69) is 15.3 Å². The minimum absolute atomic E-state index is 0.0419. The molecule has 0 saturated carbocycles. The SMILES string of the molecule is O=C(Nc1cc(F)c(OCc2ccccc2)cc1[N+](=O)[O-])c1cnccn1. The fourth-order valence-corrected chi connectivity index (χ4v) is 2.24. The lowest BCUT2D eigenvalue weighted by atomic mass is 10.2. The molecule has 1 N–H and O–H groups in total. The zero-order chi connectivity index (χ0) is 19.2. The standard InChI is InChI=1S/C18H13FN4O4/c19-13-8-14(22-18(24)15-10-20-6-7-21-15)16(23(25)26)9-17(13)27-11-12-4-2-1-3-5-12/h1-10H,11H2,(H,22,24). The van der Waals surface area contributed by atoms with Gasteiger partial charge in [0.25, 0.3) is 11.6 Å². The van der Waals surface area contributed by atoms with Crippen molar-refractivity contribution in [2.24, 2.45) is 0 Å². The van der Waals surface area contributed by atoms with E-state index in [4.69, 9.17) is 4.74 Å². The van der Waals surface area contributed by atoms with Crippen molar-refractivity contribution in [3.8, 4) is 5.75 Å². The summed E-state index contributed by atoms with van der Waals surface area (Å²) in [4.78, 5) is 30.2. The Labute approximate surface area is 152 Å². The summed E-state index contributed by atoms with van der Waals surface area (Å²) in [6.07, 6.45) is 3.86. The summed E-state index contributed by atoms with van der Waals surface area (Å²) in [5.41, 5.74) is -0.0897. The Kier molecular flexibility index (Phi) is 5.31. The van der Waals surface area contributed by atoms with Crippen LogP contribution in [0.4, 0.5) is 15.8 Å². The van der Waals surface area contributed by atoms with Crippen molar-refractivity contribution in [3.63, 3.8) is 0 Å². The van der Waals surface area contributed by atoms with Crippen molar-refractivity contribution < 1.29 is 18.8 Å². The predicted molar refractivity (Wildman–Crippen MR) is 93.8 cm³/mol. The van der Waals surface area contributed by atoms with Crippen LogP contribution in [0.25, 0.3) is 0 Å². The number of benzene rings is 2. The van der Waals surface area contributed by atoms with Gasteiger partial charge in [-0.2, -0.15) is 0 Å². The molecule has 0 radical (unpaired) electrons. The van der Waals surface area contributed by atoms with Gasteiger partial charge < -0.3 is 10.1 Å². The highest BCUT2D eigenvalue weighted by Gasteiger charge is 2.22. The molecule has 0 saturated heterocycles. The molecule has 0 fully saturated rings. The number of rotatable bonds is 6. The zero-order valence-corrected chi connectivity index (χ0v) is 13.8. The Morgan fingerprint density at radius 1 is 1.22 bits per heavy atom. The molecule has 136 valence electrons. The van der Waals surface area contributed by atoms with Gasteiger partial charge in [0, 0.05) is 18.5 Å². The molecule has 9 heteroatoms. The molecule has 0 spiro atoms. The number of carbonyl (C=O) groups is 1. The third-order valence-electron chi connectivity index (χ3n) is 3.53. The van der Waals surface area contributed by atoms with Crippen LogP contribution in [0, 0.1) is 15.9 Å². The van der Waals surface area contributed by atoms with Gasteiger partial charge in [-0.25, -0.2) is 9.37 Å². The molecular formula is C18H13FN4O4. The van der Waals surface area contributed by atoms with Crippen LogP contribution in [-0.2, 0) is 6.61 Å². The number of anilines is 1. The number of nitrogens with zero attached hydrogens (tertiary/aromatic N) is 3. The van der Waals surface area contributed by atoms with Crippen LogP contribution in [0.2, 0.25) is 0 Å². The summed E-state index contributed by atoms with van der Waals surface area (Å²) in [5.74, 6) is -1.88. The summed E-state index contributed by atoms with van der Waals surface area (Å²) in [5, 5.41) is 13.6. The van der Waals surface area contributed by atoms with E-state index in [-0.39, 0.29) is 23.7 Å². The van der Waals surface area contributed by atoms with E-state index in [0.29, 0.717) is 0 Å². The lowest BCUT2D eigenvalue weighted by Crippen LogP contribution is -2.15. The second-order valence-corrected chi connectivity index (χ2v) is 5.38. The Hall–Kier alpha value is -3.88. The number of ether oxygens (including phenoxy) is 1. The van der Waals surface area contributed by atoms with Crippen LogP contribution in [0.3, 0.4) is 0 Å². The highest BCUT2D eigenvalue weighted by atomic mass is 19.1. The highest BCUT2D eigenvalue weighted by Crippen LogP contribution is 2.32. The van der Waals surface area contributed by atoms with Crippen molar-refractivity contribution in [3.05, 3.63) is 88.2 Å². The summed E-state index contributed by atoms with van der Waals surface area (Å²) < 4.78 is 19.7. The van der Waals surface area contributed by atoms with E-state index >= 15 is 0 Å². The third-order valence-corrected chi connectivity index (χ3v) is 3.53. The van der Waals surface area contributed by atoms with Gasteiger partial charge in [-0.3, -0.25) is 19.9 Å². The Bertz CT molecular complexity index is 968. The Morgan fingerprint density at radius 3 is 2.67 bits per heavy atom. The lowest BCUT2D eigenvalue weighted by molar-refractivity contribution is -0.384. The molecular weight excluding hydrogens is 355 g/mol. The molecule has 0 bridgehead atoms. The number of nitro benzene ring substituents is 1. The molecule has 2 aromatic carbocycles. The second kappa shape index (κ2) is 8.00. The zero-order valence-electron chi connectivity index (χ0n) is 13.8. The van der Waals surface area contributed by atoms with Crippen molar-refractivity contribution in [1.82, 2.24) is 9.97 Å². The largest absolute Gasteiger partial charge is 0.486 e. The number of halogens is 1. The van der Waals surface area contributed by atoms with Gasteiger partial charge in [-0.1, -0.05) is 30.3 Å². The summed E-state index contributed by atoms with van der Waals surface area (Å²) in [7, 11) is 0. The van der Waals surface area contributed by atoms with E-state index in [1.54, 1.807) is 24.3 Å². The fraction of sp³-hybridized carbons (Fsp3) is 0.0556. The van der Waals surface area contributed by atoms with Gasteiger partial charge >= 0.3 is 0 Å².